The number of rotatable bonds is 4. The number of furan rings is 1. The first-order valence-electron chi connectivity index (χ1n) is 8.15. The molecule has 1 amide bonds. The number of thioether (sulfide) groups is 1. The van der Waals surface area contributed by atoms with E-state index in [-0.39, 0.29) is 16.8 Å². The van der Waals surface area contributed by atoms with Gasteiger partial charge < -0.3 is 14.1 Å². The van der Waals surface area contributed by atoms with Crippen LogP contribution in [0.2, 0.25) is 0 Å². The molecule has 2 aromatic rings. The quantitative estimate of drug-likeness (QED) is 0.854. The summed E-state index contributed by atoms with van der Waals surface area (Å²) in [6.07, 6.45) is 3.01. The van der Waals surface area contributed by atoms with Gasteiger partial charge >= 0.3 is 0 Å². The fourth-order valence-electron chi connectivity index (χ4n) is 3.31. The lowest BCUT2D eigenvalue weighted by Crippen LogP contribution is -2.60. The molecule has 0 aromatic carbocycles. The third-order valence-electron chi connectivity index (χ3n) is 4.56. The first-order valence-corrected chi connectivity index (χ1v) is 9.13. The first kappa shape index (κ1) is 15.7. The van der Waals surface area contributed by atoms with Crippen LogP contribution in [0.1, 0.15) is 28.4 Å². The Morgan fingerprint density at radius 2 is 2.29 bits per heavy atom. The number of carbonyl (C=O) groups excluding carboxylic acids is 1. The van der Waals surface area contributed by atoms with E-state index in [4.69, 9.17) is 9.15 Å². The number of amides is 1. The van der Waals surface area contributed by atoms with Crippen LogP contribution in [0.4, 0.5) is 0 Å². The molecule has 1 spiro atoms. The Morgan fingerprint density at radius 1 is 1.42 bits per heavy atom. The lowest BCUT2D eigenvalue weighted by Gasteiger charge is -2.47. The minimum Gasteiger partial charge on any atom is -0.456 e. The average molecular weight is 344 g/mol. The standard InChI is InChI=1S/C18H20N2O3S/c1-13-5-6-16(23-13)17(21)20-11-18(12-20)8-15(10-24-18)22-9-14-4-2-3-7-19-14/h2-7,15H,8-12H2,1H3/t15-/m0/s1. The zero-order valence-electron chi connectivity index (χ0n) is 13.6. The van der Waals surface area contributed by atoms with E-state index in [1.54, 1.807) is 12.3 Å². The van der Waals surface area contributed by atoms with Crippen LogP contribution in [-0.2, 0) is 11.3 Å². The number of hydrogen-bond acceptors (Lipinski definition) is 5. The van der Waals surface area contributed by atoms with E-state index in [2.05, 4.69) is 4.98 Å². The van der Waals surface area contributed by atoms with Crippen LogP contribution >= 0.6 is 11.8 Å². The third kappa shape index (κ3) is 3.08. The van der Waals surface area contributed by atoms with E-state index < -0.39 is 0 Å². The Labute approximate surface area is 145 Å². The molecule has 4 rings (SSSR count). The maximum Gasteiger partial charge on any atom is 0.289 e. The summed E-state index contributed by atoms with van der Waals surface area (Å²) in [5, 5.41) is 0. The number of likely N-dealkylation sites (tertiary alicyclic amines) is 1. The third-order valence-corrected chi connectivity index (χ3v) is 6.14. The van der Waals surface area contributed by atoms with Crippen LogP contribution in [0.15, 0.2) is 40.9 Å². The van der Waals surface area contributed by atoms with Gasteiger partial charge in [0.25, 0.3) is 5.91 Å². The number of carbonyl (C=O) groups is 1. The van der Waals surface area contributed by atoms with E-state index >= 15 is 0 Å². The number of ether oxygens (including phenoxy) is 1. The molecule has 0 aliphatic carbocycles. The van der Waals surface area contributed by atoms with Crippen molar-refractivity contribution in [2.75, 3.05) is 18.8 Å². The van der Waals surface area contributed by atoms with Gasteiger partial charge in [0.05, 0.1) is 23.2 Å². The molecule has 5 nitrogen and oxygen atoms in total. The Bertz CT molecular complexity index is 725. The topological polar surface area (TPSA) is 55.6 Å². The summed E-state index contributed by atoms with van der Waals surface area (Å²) in [6.45, 7) is 3.96. The lowest BCUT2D eigenvalue weighted by atomic mass is 9.92. The van der Waals surface area contributed by atoms with Crippen molar-refractivity contribution in [3.8, 4) is 0 Å². The monoisotopic (exact) mass is 344 g/mol. The Morgan fingerprint density at radius 3 is 3.00 bits per heavy atom. The normalized spacial score (nSPS) is 21.9. The van der Waals surface area contributed by atoms with Crippen LogP contribution in [-0.4, -0.2) is 45.5 Å². The van der Waals surface area contributed by atoms with Crippen molar-refractivity contribution >= 4 is 17.7 Å². The number of aryl methyl sites for hydroxylation is 1. The molecule has 4 heterocycles. The van der Waals surface area contributed by atoms with Gasteiger partial charge in [0.15, 0.2) is 5.76 Å². The second-order valence-corrected chi connectivity index (χ2v) is 8.01. The highest BCUT2D eigenvalue weighted by molar-refractivity contribution is 8.01. The maximum atomic E-state index is 12.4. The van der Waals surface area contributed by atoms with Gasteiger partial charge in [0.1, 0.15) is 5.76 Å². The molecule has 24 heavy (non-hydrogen) atoms. The summed E-state index contributed by atoms with van der Waals surface area (Å²) >= 11 is 1.93. The minimum atomic E-state index is -0.00724. The van der Waals surface area contributed by atoms with Crippen LogP contribution < -0.4 is 0 Å². The van der Waals surface area contributed by atoms with E-state index in [1.165, 1.54) is 0 Å². The van der Waals surface area contributed by atoms with Gasteiger partial charge in [-0.3, -0.25) is 9.78 Å². The number of nitrogens with zero attached hydrogens (tertiary/aromatic N) is 2. The molecule has 2 aliphatic rings. The van der Waals surface area contributed by atoms with Crippen molar-refractivity contribution in [3.05, 3.63) is 53.7 Å². The summed E-state index contributed by atoms with van der Waals surface area (Å²) in [7, 11) is 0. The Kier molecular flexibility index (Phi) is 4.10. The molecule has 2 fully saturated rings. The van der Waals surface area contributed by atoms with Gasteiger partial charge in [-0.25, -0.2) is 0 Å². The second kappa shape index (κ2) is 6.26. The van der Waals surface area contributed by atoms with Gasteiger partial charge in [-0.15, -0.1) is 11.8 Å². The van der Waals surface area contributed by atoms with Crippen LogP contribution in [0.25, 0.3) is 0 Å². The maximum absolute atomic E-state index is 12.4. The van der Waals surface area contributed by atoms with Gasteiger partial charge in [-0.2, -0.15) is 0 Å². The molecule has 2 aromatic heterocycles. The zero-order valence-corrected chi connectivity index (χ0v) is 14.4. The Hall–Kier alpha value is -1.79. The molecule has 6 heteroatoms. The smallest absolute Gasteiger partial charge is 0.289 e. The lowest BCUT2D eigenvalue weighted by molar-refractivity contribution is 0.0233. The van der Waals surface area contributed by atoms with E-state index in [9.17, 15) is 4.79 Å². The molecule has 1 atom stereocenters. The summed E-state index contributed by atoms with van der Waals surface area (Å²) in [4.78, 5) is 18.5. The van der Waals surface area contributed by atoms with Crippen molar-refractivity contribution < 1.29 is 13.9 Å². The highest BCUT2D eigenvalue weighted by atomic mass is 32.2. The fourth-order valence-corrected chi connectivity index (χ4v) is 4.87. The first-order chi connectivity index (χ1) is 11.6. The molecule has 2 aliphatic heterocycles. The molecule has 0 radical (unpaired) electrons. The SMILES string of the molecule is Cc1ccc(C(=O)N2CC3(C[C@H](OCc4ccccn4)CS3)C2)o1. The van der Waals surface area contributed by atoms with Crippen LogP contribution in [0, 0.1) is 6.92 Å². The van der Waals surface area contributed by atoms with E-state index in [0.717, 1.165) is 36.7 Å². The predicted molar refractivity (Wildman–Crippen MR) is 92.0 cm³/mol. The van der Waals surface area contributed by atoms with Gasteiger partial charge in [-0.05, 0) is 37.6 Å². The highest BCUT2D eigenvalue weighted by Crippen LogP contribution is 2.46. The summed E-state index contributed by atoms with van der Waals surface area (Å²) in [5.74, 6) is 2.18. The second-order valence-electron chi connectivity index (χ2n) is 6.52. The number of aromatic nitrogens is 1. The molecule has 0 N–H and O–H groups in total. The van der Waals surface area contributed by atoms with Gasteiger partial charge in [0.2, 0.25) is 0 Å². The summed E-state index contributed by atoms with van der Waals surface area (Å²) in [6, 6.07) is 9.44. The zero-order chi connectivity index (χ0) is 16.6. The predicted octanol–water partition coefficient (Wildman–Crippen LogP) is 2.90. The minimum absolute atomic E-state index is 0.00724. The fraction of sp³-hybridized carbons (Fsp3) is 0.444. The van der Waals surface area contributed by atoms with Crippen molar-refractivity contribution in [1.29, 1.82) is 0 Å². The molecule has 0 bridgehead atoms. The number of hydrogen-bond donors (Lipinski definition) is 0. The van der Waals surface area contributed by atoms with Gasteiger partial charge in [0, 0.05) is 25.0 Å². The van der Waals surface area contributed by atoms with Crippen molar-refractivity contribution in [3.63, 3.8) is 0 Å². The van der Waals surface area contributed by atoms with Crippen molar-refractivity contribution in [2.45, 2.75) is 30.8 Å². The molecule has 2 saturated heterocycles. The summed E-state index contributed by atoms with van der Waals surface area (Å²) in [5.41, 5.74) is 0.960. The molecule has 126 valence electrons. The molecule has 0 saturated carbocycles. The molecule has 0 unspecified atom stereocenters. The van der Waals surface area contributed by atoms with E-state index in [0.29, 0.717) is 12.4 Å². The van der Waals surface area contributed by atoms with E-state index in [1.807, 2.05) is 47.9 Å². The van der Waals surface area contributed by atoms with Crippen molar-refractivity contribution in [2.24, 2.45) is 0 Å². The number of pyridine rings is 1. The largest absolute Gasteiger partial charge is 0.456 e. The highest BCUT2D eigenvalue weighted by Gasteiger charge is 2.51. The summed E-state index contributed by atoms with van der Waals surface area (Å²) < 4.78 is 11.6. The Balaban J connectivity index is 1.28. The molecular weight excluding hydrogens is 324 g/mol. The van der Waals surface area contributed by atoms with Gasteiger partial charge in [-0.1, -0.05) is 6.07 Å². The average Bonchev–Trinajstić information content (AvgIpc) is 3.18. The molecular formula is C18H20N2O3S. The van der Waals surface area contributed by atoms with Crippen molar-refractivity contribution in [1.82, 2.24) is 9.88 Å². The van der Waals surface area contributed by atoms with Crippen LogP contribution in [0.3, 0.4) is 0 Å². The van der Waals surface area contributed by atoms with Crippen LogP contribution in [0.5, 0.6) is 0 Å².